The van der Waals surface area contributed by atoms with Crippen molar-refractivity contribution >= 4 is 10.8 Å². The van der Waals surface area contributed by atoms with Crippen LogP contribution < -0.4 is 0 Å². The van der Waals surface area contributed by atoms with Gasteiger partial charge in [-0.05, 0) is 41.3 Å². The zero-order chi connectivity index (χ0) is 15.6. The summed E-state index contributed by atoms with van der Waals surface area (Å²) in [6.07, 6.45) is 5.17. The highest BCUT2D eigenvalue weighted by atomic mass is 19.1. The summed E-state index contributed by atoms with van der Waals surface area (Å²) in [7, 11) is 0. The first-order chi connectivity index (χ1) is 10.8. The van der Waals surface area contributed by atoms with E-state index in [9.17, 15) is 4.39 Å². The van der Waals surface area contributed by atoms with Crippen LogP contribution in [0.2, 0.25) is 0 Å². The van der Waals surface area contributed by atoms with Crippen molar-refractivity contribution in [1.29, 1.82) is 0 Å². The van der Waals surface area contributed by atoms with E-state index in [1.807, 2.05) is 0 Å². The minimum atomic E-state index is -0.178. The molecule has 3 aromatic carbocycles. The van der Waals surface area contributed by atoms with Crippen molar-refractivity contribution in [3.05, 3.63) is 84.2 Å². The lowest BCUT2D eigenvalue weighted by molar-refractivity contribution is 0.628. The third-order valence-corrected chi connectivity index (χ3v) is 3.62. The average molecular weight is 294 g/mol. The Hall–Kier alpha value is -2.15. The number of halogens is 1. The molecule has 114 valence electrons. The van der Waals surface area contributed by atoms with Gasteiger partial charge in [0.1, 0.15) is 5.82 Å². The van der Waals surface area contributed by atoms with Crippen molar-refractivity contribution in [2.45, 2.75) is 32.6 Å². The van der Waals surface area contributed by atoms with Gasteiger partial charge in [-0.2, -0.15) is 0 Å². The van der Waals surface area contributed by atoms with Crippen LogP contribution in [0, 0.1) is 5.82 Å². The highest BCUT2D eigenvalue weighted by molar-refractivity contribution is 5.82. The van der Waals surface area contributed by atoms with Gasteiger partial charge in [0, 0.05) is 0 Å². The smallest absolute Gasteiger partial charge is 0.123 e. The molecule has 0 radical (unpaired) electrons. The van der Waals surface area contributed by atoms with Gasteiger partial charge < -0.3 is 0 Å². The van der Waals surface area contributed by atoms with Crippen LogP contribution in [-0.4, -0.2) is 0 Å². The Balaban J connectivity index is 0.000000211. The second kappa shape index (κ2) is 8.99. The van der Waals surface area contributed by atoms with E-state index in [1.54, 1.807) is 18.2 Å². The molecule has 0 saturated carbocycles. The average Bonchev–Trinajstić information content (AvgIpc) is 2.56. The lowest BCUT2D eigenvalue weighted by Gasteiger charge is -2.03. The van der Waals surface area contributed by atoms with E-state index >= 15 is 0 Å². The molecule has 0 amide bonds. The summed E-state index contributed by atoms with van der Waals surface area (Å²) in [5.74, 6) is -0.178. The predicted molar refractivity (Wildman–Crippen MR) is 93.6 cm³/mol. The molecule has 3 rings (SSSR count). The molecule has 0 nitrogen and oxygen atoms in total. The number of rotatable bonds is 4. The largest absolute Gasteiger partial charge is 0.207 e. The van der Waals surface area contributed by atoms with Gasteiger partial charge in [-0.1, -0.05) is 80.4 Å². The van der Waals surface area contributed by atoms with Crippen molar-refractivity contribution in [1.82, 2.24) is 0 Å². The molecular weight excluding hydrogens is 271 g/mol. The Bertz CT molecular complexity index is 674. The van der Waals surface area contributed by atoms with Crippen molar-refractivity contribution in [3.8, 4) is 0 Å². The highest BCUT2D eigenvalue weighted by Crippen LogP contribution is 2.17. The molecule has 1 heteroatoms. The molecule has 0 fully saturated rings. The Morgan fingerprint density at radius 1 is 0.727 bits per heavy atom. The fourth-order valence-corrected chi connectivity index (χ4v) is 2.39. The zero-order valence-electron chi connectivity index (χ0n) is 13.1. The maximum absolute atomic E-state index is 11.9. The van der Waals surface area contributed by atoms with E-state index in [2.05, 4.69) is 49.4 Å². The molecule has 0 spiro atoms. The first-order valence-electron chi connectivity index (χ1n) is 7.98. The molecule has 3 aromatic rings. The quantitative estimate of drug-likeness (QED) is 0.488. The molecule has 0 aliphatic carbocycles. The molecule has 0 saturated heterocycles. The standard InChI is InChI=1S/C15H18.C6H5F/c1-2-3-4-7-13-10-11-14-8-5-6-9-15(14)12-13;7-6-4-2-1-3-5-6/h5-6,8-12H,2-4,7H2,1H3;1-5H. The van der Waals surface area contributed by atoms with Gasteiger partial charge in [-0.15, -0.1) is 0 Å². The molecule has 0 atom stereocenters. The van der Waals surface area contributed by atoms with Crippen LogP contribution in [-0.2, 0) is 6.42 Å². The summed E-state index contributed by atoms with van der Waals surface area (Å²) >= 11 is 0. The molecule has 0 heterocycles. The van der Waals surface area contributed by atoms with Crippen molar-refractivity contribution < 1.29 is 4.39 Å². The first-order valence-corrected chi connectivity index (χ1v) is 7.98. The number of unbranched alkanes of at least 4 members (excludes halogenated alkanes) is 2. The lowest BCUT2D eigenvalue weighted by atomic mass is 10.0. The zero-order valence-corrected chi connectivity index (χ0v) is 13.1. The molecule has 22 heavy (non-hydrogen) atoms. The topological polar surface area (TPSA) is 0 Å². The lowest BCUT2D eigenvalue weighted by Crippen LogP contribution is -1.85. The maximum atomic E-state index is 11.9. The number of fused-ring (bicyclic) bond motifs is 1. The number of hydrogen-bond donors (Lipinski definition) is 0. The van der Waals surface area contributed by atoms with E-state index in [1.165, 1.54) is 54.2 Å². The number of aryl methyl sites for hydroxylation is 1. The van der Waals surface area contributed by atoms with Crippen LogP contribution in [0.15, 0.2) is 72.8 Å². The SMILES string of the molecule is CCCCCc1ccc2ccccc2c1.Fc1ccccc1. The van der Waals surface area contributed by atoms with Crippen LogP contribution in [0.25, 0.3) is 10.8 Å². The van der Waals surface area contributed by atoms with Crippen LogP contribution in [0.3, 0.4) is 0 Å². The minimum Gasteiger partial charge on any atom is -0.207 e. The Kier molecular flexibility index (Phi) is 6.63. The second-order valence-corrected chi connectivity index (χ2v) is 5.43. The minimum absolute atomic E-state index is 0.178. The van der Waals surface area contributed by atoms with Crippen molar-refractivity contribution in [3.63, 3.8) is 0 Å². The van der Waals surface area contributed by atoms with Crippen molar-refractivity contribution in [2.75, 3.05) is 0 Å². The summed E-state index contributed by atoms with van der Waals surface area (Å²) in [5.41, 5.74) is 1.47. The van der Waals surface area contributed by atoms with Gasteiger partial charge in [-0.3, -0.25) is 0 Å². The Labute approximate surface area is 132 Å². The summed E-state index contributed by atoms with van der Waals surface area (Å²) in [6, 6.07) is 23.3. The van der Waals surface area contributed by atoms with Gasteiger partial charge in [-0.25, -0.2) is 4.39 Å². The van der Waals surface area contributed by atoms with Gasteiger partial charge in [0.25, 0.3) is 0 Å². The Morgan fingerprint density at radius 3 is 2.05 bits per heavy atom. The molecule has 0 bridgehead atoms. The third-order valence-electron chi connectivity index (χ3n) is 3.62. The first kappa shape index (κ1) is 16.2. The maximum Gasteiger partial charge on any atom is 0.123 e. The fourth-order valence-electron chi connectivity index (χ4n) is 2.39. The van der Waals surface area contributed by atoms with Crippen molar-refractivity contribution in [2.24, 2.45) is 0 Å². The van der Waals surface area contributed by atoms with E-state index < -0.39 is 0 Å². The third kappa shape index (κ3) is 5.33. The fraction of sp³-hybridized carbons (Fsp3) is 0.238. The normalized spacial score (nSPS) is 10.1. The summed E-state index contributed by atoms with van der Waals surface area (Å²) in [5, 5.41) is 2.71. The van der Waals surface area contributed by atoms with Gasteiger partial charge in [0.2, 0.25) is 0 Å². The molecule has 0 N–H and O–H groups in total. The summed E-state index contributed by atoms with van der Waals surface area (Å²) < 4.78 is 11.9. The number of benzene rings is 3. The molecule has 0 aromatic heterocycles. The van der Waals surface area contributed by atoms with E-state index in [0.717, 1.165) is 0 Å². The molecule has 0 aliphatic heterocycles. The summed E-state index contributed by atoms with van der Waals surface area (Å²) in [4.78, 5) is 0. The van der Waals surface area contributed by atoms with Crippen LogP contribution in [0.1, 0.15) is 31.7 Å². The van der Waals surface area contributed by atoms with Gasteiger partial charge >= 0.3 is 0 Å². The highest BCUT2D eigenvalue weighted by Gasteiger charge is 1.95. The van der Waals surface area contributed by atoms with Crippen LogP contribution in [0.5, 0.6) is 0 Å². The van der Waals surface area contributed by atoms with Gasteiger partial charge in [0.05, 0.1) is 0 Å². The molecule has 0 aliphatic rings. The monoisotopic (exact) mass is 294 g/mol. The predicted octanol–water partition coefficient (Wildman–Crippen LogP) is 6.40. The molecule has 0 unspecified atom stereocenters. The molecular formula is C21H23F. The van der Waals surface area contributed by atoms with Crippen LogP contribution >= 0.6 is 0 Å². The second-order valence-electron chi connectivity index (χ2n) is 5.43. The van der Waals surface area contributed by atoms with E-state index in [4.69, 9.17) is 0 Å². The number of hydrogen-bond acceptors (Lipinski definition) is 0. The Morgan fingerprint density at radius 2 is 1.41 bits per heavy atom. The van der Waals surface area contributed by atoms with E-state index in [0.29, 0.717) is 0 Å². The van der Waals surface area contributed by atoms with Crippen LogP contribution in [0.4, 0.5) is 4.39 Å². The van der Waals surface area contributed by atoms with Gasteiger partial charge in [0.15, 0.2) is 0 Å². The van der Waals surface area contributed by atoms with E-state index in [-0.39, 0.29) is 5.82 Å². The summed E-state index contributed by atoms with van der Waals surface area (Å²) in [6.45, 7) is 2.25.